The molecule has 7 heteroatoms. The zero-order valence-electron chi connectivity index (χ0n) is 17.3. The first-order valence-corrected chi connectivity index (χ1v) is 10.3. The number of nitrogens with one attached hydrogen (secondary N) is 1. The number of phenols is 1. The first kappa shape index (κ1) is 21.9. The van der Waals surface area contributed by atoms with Gasteiger partial charge in [-0.2, -0.15) is 0 Å². The van der Waals surface area contributed by atoms with Gasteiger partial charge >= 0.3 is 0 Å². The predicted molar refractivity (Wildman–Crippen MR) is 114 cm³/mol. The molecule has 1 aliphatic heterocycles. The van der Waals surface area contributed by atoms with Gasteiger partial charge in [0, 0.05) is 6.54 Å². The zero-order valence-corrected chi connectivity index (χ0v) is 17.3. The van der Waals surface area contributed by atoms with Crippen molar-refractivity contribution < 1.29 is 24.5 Å². The van der Waals surface area contributed by atoms with Crippen molar-refractivity contribution in [1.29, 1.82) is 0 Å². The van der Waals surface area contributed by atoms with Crippen LogP contribution in [0.2, 0.25) is 0 Å². The van der Waals surface area contributed by atoms with Gasteiger partial charge in [-0.05, 0) is 67.9 Å². The van der Waals surface area contributed by atoms with Crippen molar-refractivity contribution in [3.8, 4) is 17.2 Å². The Balaban J connectivity index is 1.57. The van der Waals surface area contributed by atoms with Gasteiger partial charge in [-0.15, -0.1) is 0 Å². The lowest BCUT2D eigenvalue weighted by atomic mass is 10.0. The molecular formula is C23H30N2O5. The Kier molecular flexibility index (Phi) is 7.93. The highest BCUT2D eigenvalue weighted by atomic mass is 16.5. The molecule has 0 saturated carbocycles. The van der Waals surface area contributed by atoms with Crippen LogP contribution >= 0.6 is 0 Å². The van der Waals surface area contributed by atoms with Crippen LogP contribution in [0.25, 0.3) is 0 Å². The number of methoxy groups -OCH3 is 1. The molecule has 7 nitrogen and oxygen atoms in total. The third-order valence-electron chi connectivity index (χ3n) is 5.27. The van der Waals surface area contributed by atoms with Crippen LogP contribution < -0.4 is 14.8 Å². The van der Waals surface area contributed by atoms with Crippen molar-refractivity contribution in [1.82, 2.24) is 10.2 Å². The van der Waals surface area contributed by atoms with Gasteiger partial charge in [0.15, 0.2) is 0 Å². The van der Waals surface area contributed by atoms with Gasteiger partial charge in [0.25, 0.3) is 0 Å². The lowest BCUT2D eigenvalue weighted by Gasteiger charge is -2.29. The molecule has 1 heterocycles. The number of aliphatic hydroxyl groups excluding tert-OH is 1. The van der Waals surface area contributed by atoms with Crippen molar-refractivity contribution in [3.63, 3.8) is 0 Å². The lowest BCUT2D eigenvalue weighted by molar-refractivity contribution is -0.123. The smallest absolute Gasteiger partial charge is 0.223 e. The molecule has 1 saturated heterocycles. The van der Waals surface area contributed by atoms with Crippen molar-refractivity contribution in [3.05, 3.63) is 54.1 Å². The zero-order chi connectivity index (χ0) is 21.3. The van der Waals surface area contributed by atoms with Gasteiger partial charge < -0.3 is 29.9 Å². The van der Waals surface area contributed by atoms with Crippen LogP contribution in [0.3, 0.4) is 0 Å². The fourth-order valence-corrected chi connectivity index (χ4v) is 3.58. The number of benzene rings is 2. The Hall–Kier alpha value is -2.77. The fourth-order valence-electron chi connectivity index (χ4n) is 3.58. The number of hydrogen-bond acceptors (Lipinski definition) is 6. The average molecular weight is 415 g/mol. The number of rotatable bonds is 10. The number of carbonyl (C=O) groups is 1. The summed E-state index contributed by atoms with van der Waals surface area (Å²) in [4.78, 5) is 14.8. The van der Waals surface area contributed by atoms with E-state index in [1.807, 2.05) is 12.1 Å². The summed E-state index contributed by atoms with van der Waals surface area (Å²) in [7, 11) is 1.60. The van der Waals surface area contributed by atoms with Gasteiger partial charge in [-0.3, -0.25) is 4.79 Å². The third-order valence-corrected chi connectivity index (χ3v) is 5.27. The standard InChI is InChI=1S/C23H30N2O5/c1-29-19-8-4-17(5-9-19)23(28)21(16-25-13-2-3-14-25)24-22(27)12-15-30-20-10-6-18(26)7-11-20/h4-11,21,23,26,28H,2-3,12-16H2,1H3,(H,24,27)/t21-,23-/m1/s1. The average Bonchev–Trinajstić information content (AvgIpc) is 3.27. The minimum absolute atomic E-state index is 0.164. The van der Waals surface area contributed by atoms with Crippen LogP contribution in [-0.4, -0.2) is 60.4 Å². The molecule has 2 atom stereocenters. The summed E-state index contributed by atoms with van der Waals surface area (Å²) in [5, 5.41) is 23.2. The van der Waals surface area contributed by atoms with E-state index in [9.17, 15) is 15.0 Å². The van der Waals surface area contributed by atoms with Crippen molar-refractivity contribution in [2.24, 2.45) is 0 Å². The summed E-state index contributed by atoms with van der Waals surface area (Å²) < 4.78 is 10.7. The van der Waals surface area contributed by atoms with Crippen molar-refractivity contribution in [2.75, 3.05) is 33.4 Å². The molecule has 1 fully saturated rings. The third kappa shape index (κ3) is 6.37. The Bertz CT molecular complexity index is 788. The largest absolute Gasteiger partial charge is 0.508 e. The van der Waals surface area contributed by atoms with E-state index in [1.165, 1.54) is 12.1 Å². The second-order valence-corrected chi connectivity index (χ2v) is 7.49. The molecule has 1 aliphatic rings. The van der Waals surface area contributed by atoms with Crippen molar-refractivity contribution >= 4 is 5.91 Å². The normalized spacial score (nSPS) is 16.1. The summed E-state index contributed by atoms with van der Waals surface area (Å²) in [5.41, 5.74) is 0.737. The molecule has 1 amide bonds. The quantitative estimate of drug-likeness (QED) is 0.553. The fraction of sp³-hybridized carbons (Fsp3) is 0.435. The molecule has 0 radical (unpaired) electrons. The van der Waals surface area contributed by atoms with Gasteiger partial charge in [0.05, 0.1) is 26.2 Å². The number of nitrogens with zero attached hydrogens (tertiary/aromatic N) is 1. The van der Waals surface area contributed by atoms with Crippen LogP contribution in [-0.2, 0) is 4.79 Å². The molecule has 0 aromatic heterocycles. The molecule has 0 unspecified atom stereocenters. The van der Waals surface area contributed by atoms with Crippen LogP contribution in [0.5, 0.6) is 17.2 Å². The SMILES string of the molecule is COc1ccc([C@@H](O)[C@@H](CN2CCCC2)NC(=O)CCOc2ccc(O)cc2)cc1. The summed E-state index contributed by atoms with van der Waals surface area (Å²) in [6.07, 6.45) is 1.63. The Morgan fingerprint density at radius 1 is 1.07 bits per heavy atom. The first-order chi connectivity index (χ1) is 14.5. The maximum atomic E-state index is 12.5. The Morgan fingerprint density at radius 3 is 2.33 bits per heavy atom. The van der Waals surface area contributed by atoms with Gasteiger partial charge in [0.1, 0.15) is 23.4 Å². The molecule has 3 rings (SSSR count). The van der Waals surface area contributed by atoms with E-state index in [0.29, 0.717) is 12.3 Å². The van der Waals surface area contributed by atoms with Crippen molar-refractivity contribution in [2.45, 2.75) is 31.4 Å². The van der Waals surface area contributed by atoms with E-state index in [0.717, 1.165) is 37.2 Å². The highest BCUT2D eigenvalue weighted by Gasteiger charge is 2.26. The topological polar surface area (TPSA) is 91.3 Å². The summed E-state index contributed by atoms with van der Waals surface area (Å²) in [6.45, 7) is 2.76. The van der Waals surface area contributed by atoms with Gasteiger partial charge in [0.2, 0.25) is 5.91 Å². The number of aromatic hydroxyl groups is 1. The molecule has 162 valence electrons. The van der Waals surface area contributed by atoms with E-state index < -0.39 is 12.1 Å². The lowest BCUT2D eigenvalue weighted by Crippen LogP contribution is -2.47. The van der Waals surface area contributed by atoms with Gasteiger partial charge in [-0.25, -0.2) is 0 Å². The highest BCUT2D eigenvalue weighted by Crippen LogP contribution is 2.22. The number of phenolic OH excluding ortho intramolecular Hbond substituents is 1. The molecule has 0 aliphatic carbocycles. The van der Waals surface area contributed by atoms with Crippen LogP contribution in [0.1, 0.15) is 30.9 Å². The van der Waals surface area contributed by atoms with E-state index in [2.05, 4.69) is 10.2 Å². The molecule has 0 bridgehead atoms. The molecule has 3 N–H and O–H groups in total. The summed E-state index contributed by atoms with van der Waals surface area (Å²) in [6, 6.07) is 13.2. The van der Waals surface area contributed by atoms with Crippen LogP contribution in [0, 0.1) is 0 Å². The molecule has 0 spiro atoms. The first-order valence-electron chi connectivity index (χ1n) is 10.3. The van der Waals surface area contributed by atoms with E-state index in [4.69, 9.17) is 9.47 Å². The number of likely N-dealkylation sites (tertiary alicyclic amines) is 1. The predicted octanol–water partition coefficient (Wildman–Crippen LogP) is 2.48. The van der Waals surface area contributed by atoms with E-state index in [-0.39, 0.29) is 24.7 Å². The minimum Gasteiger partial charge on any atom is -0.508 e. The number of aliphatic hydroxyl groups is 1. The highest BCUT2D eigenvalue weighted by molar-refractivity contribution is 5.76. The molecular weight excluding hydrogens is 384 g/mol. The summed E-state index contributed by atoms with van der Waals surface area (Å²) in [5.74, 6) is 1.30. The van der Waals surface area contributed by atoms with Crippen LogP contribution in [0.4, 0.5) is 0 Å². The maximum Gasteiger partial charge on any atom is 0.223 e. The van der Waals surface area contributed by atoms with Gasteiger partial charge in [-0.1, -0.05) is 12.1 Å². The molecule has 2 aromatic carbocycles. The van der Waals surface area contributed by atoms with E-state index >= 15 is 0 Å². The second kappa shape index (κ2) is 10.8. The Morgan fingerprint density at radius 2 is 1.70 bits per heavy atom. The monoisotopic (exact) mass is 414 g/mol. The summed E-state index contributed by atoms with van der Waals surface area (Å²) >= 11 is 0. The van der Waals surface area contributed by atoms with Crippen LogP contribution in [0.15, 0.2) is 48.5 Å². The number of carbonyl (C=O) groups excluding carboxylic acids is 1. The molecule has 2 aromatic rings. The number of ether oxygens (including phenoxy) is 2. The second-order valence-electron chi connectivity index (χ2n) is 7.49. The minimum atomic E-state index is -0.821. The number of amides is 1. The number of hydrogen-bond donors (Lipinski definition) is 3. The van der Waals surface area contributed by atoms with E-state index in [1.54, 1.807) is 31.4 Å². The maximum absolute atomic E-state index is 12.5. The molecule has 30 heavy (non-hydrogen) atoms. The Labute approximate surface area is 177 Å².